The normalized spacial score (nSPS) is 22.3. The third kappa shape index (κ3) is 5.96. The van der Waals surface area contributed by atoms with Crippen LogP contribution in [-0.4, -0.2) is 101 Å². The molecule has 15 nitrogen and oxygen atoms in total. The first kappa shape index (κ1) is 28.2. The summed E-state index contributed by atoms with van der Waals surface area (Å²) in [7, 11) is 0. The second-order valence-corrected chi connectivity index (χ2v) is 11.2. The highest BCUT2D eigenvalue weighted by molar-refractivity contribution is 8.00. The van der Waals surface area contributed by atoms with Gasteiger partial charge in [0.2, 0.25) is 17.5 Å². The molecule has 3 atom stereocenters. The average Bonchev–Trinajstić information content (AvgIpc) is 3.58. The van der Waals surface area contributed by atoms with Gasteiger partial charge in [-0.25, -0.2) is 9.67 Å². The maximum atomic E-state index is 13.1. The maximum absolute atomic E-state index is 13.1. The maximum Gasteiger partial charge on any atom is 0.313 e. The van der Waals surface area contributed by atoms with E-state index in [1.54, 1.807) is 6.08 Å². The molecule has 3 N–H and O–H groups in total. The Bertz CT molecular complexity index is 1310. The number of allylic oxidation sites excluding steroid dienone is 1. The van der Waals surface area contributed by atoms with Gasteiger partial charge >= 0.3 is 5.97 Å². The molecule has 2 saturated heterocycles. The fourth-order valence-corrected chi connectivity index (χ4v) is 7.12. The van der Waals surface area contributed by atoms with Crippen molar-refractivity contribution in [1.82, 2.24) is 35.4 Å². The third-order valence-corrected chi connectivity index (χ3v) is 9.26. The van der Waals surface area contributed by atoms with E-state index in [9.17, 15) is 24.3 Å². The molecule has 2 fully saturated rings. The number of aliphatic carboxylic acids is 1. The van der Waals surface area contributed by atoms with Gasteiger partial charge < -0.3 is 25.5 Å². The molecular weight excluding hydrogens is 570 g/mol. The van der Waals surface area contributed by atoms with Gasteiger partial charge in [0.1, 0.15) is 29.1 Å². The summed E-state index contributed by atoms with van der Waals surface area (Å²) >= 11 is 3.54. The number of aromatic nitrogens is 5. The molecule has 0 saturated carbocycles. The van der Waals surface area contributed by atoms with Gasteiger partial charge in [0.15, 0.2) is 10.8 Å². The number of rotatable bonds is 14. The van der Waals surface area contributed by atoms with Gasteiger partial charge in [0, 0.05) is 23.4 Å². The molecule has 2 aromatic heterocycles. The van der Waals surface area contributed by atoms with Gasteiger partial charge in [-0.05, 0) is 10.4 Å². The van der Waals surface area contributed by atoms with Crippen molar-refractivity contribution >= 4 is 69.9 Å². The molecule has 3 amide bonds. The van der Waals surface area contributed by atoms with Crippen molar-refractivity contribution in [2.45, 2.75) is 23.1 Å². The van der Waals surface area contributed by atoms with E-state index in [1.165, 1.54) is 44.6 Å². The van der Waals surface area contributed by atoms with E-state index in [0.717, 1.165) is 11.3 Å². The van der Waals surface area contributed by atoms with E-state index in [4.69, 9.17) is 4.84 Å². The summed E-state index contributed by atoms with van der Waals surface area (Å²) in [6.07, 6.45) is 3.52. The summed E-state index contributed by atoms with van der Waals surface area (Å²) < 4.78 is 1.50. The van der Waals surface area contributed by atoms with E-state index in [-0.39, 0.29) is 41.2 Å². The number of carbonyl (C=O) groups is 4. The molecule has 0 radical (unpaired) electrons. The molecule has 2 aliphatic rings. The lowest BCUT2D eigenvalue weighted by Crippen LogP contribution is -2.74. The van der Waals surface area contributed by atoms with E-state index in [2.05, 4.69) is 49.5 Å². The van der Waals surface area contributed by atoms with Crippen LogP contribution in [0.3, 0.4) is 0 Å². The number of carbonyl (C=O) groups excluding carboxylic acids is 3. The standard InChI is InChI=1S/C21H23N9O6S3/c1-3-5-30-20(25-27-28-30)39-10-21(18(34)35)8-29-16(33)14(17(29)38-9-21)24-15(32)13(26-36-6-4-2)12-7-37-19(23-12)22-11-31/h3-4,7,11,14,17H,1-2,5-6,8-10H2,(H,24,32)(H,34,35)(H,22,23,31)/t14?,17-,21?/m1/s1. The van der Waals surface area contributed by atoms with Gasteiger partial charge in [-0.15, -0.1) is 34.8 Å². The van der Waals surface area contributed by atoms with Crippen LogP contribution >= 0.6 is 34.9 Å². The van der Waals surface area contributed by atoms with Crippen molar-refractivity contribution in [2.75, 3.05) is 30.0 Å². The average molecular weight is 594 g/mol. The van der Waals surface area contributed by atoms with Gasteiger partial charge in [-0.1, -0.05) is 35.6 Å². The zero-order chi connectivity index (χ0) is 28.0. The lowest BCUT2D eigenvalue weighted by Gasteiger charge is -2.53. The molecule has 4 rings (SSSR count). The quantitative estimate of drug-likeness (QED) is 0.0508. The second-order valence-electron chi connectivity index (χ2n) is 8.25. The number of nitrogens with zero attached hydrogens (tertiary/aromatic N) is 7. The van der Waals surface area contributed by atoms with Crippen LogP contribution in [0.4, 0.5) is 5.13 Å². The number of oxime groups is 1. The Morgan fingerprint density at radius 2 is 2.21 bits per heavy atom. The van der Waals surface area contributed by atoms with Crippen LogP contribution in [-0.2, 0) is 30.6 Å². The number of β-lactam (4-membered cyclic amide) rings is 1. The highest BCUT2D eigenvalue weighted by Gasteiger charge is 2.57. The summed E-state index contributed by atoms with van der Waals surface area (Å²) in [6.45, 7) is 7.55. The van der Waals surface area contributed by atoms with Crippen molar-refractivity contribution in [2.24, 2.45) is 10.6 Å². The number of anilines is 1. The predicted octanol–water partition coefficient (Wildman–Crippen LogP) is 0.0538. The highest BCUT2D eigenvalue weighted by Crippen LogP contribution is 2.44. The molecule has 39 heavy (non-hydrogen) atoms. The number of carboxylic acid groups (broad SMARTS) is 1. The topological polar surface area (TPSA) is 194 Å². The number of nitrogens with one attached hydrogen (secondary N) is 2. The molecule has 2 unspecified atom stereocenters. The molecule has 0 aromatic carbocycles. The number of thiazole rings is 1. The number of fused-ring (bicyclic) bond motifs is 1. The second kappa shape index (κ2) is 12.4. The number of carboxylic acids is 1. The minimum atomic E-state index is -1.24. The molecule has 206 valence electrons. The Kier molecular flexibility index (Phi) is 8.97. The number of thioether (sulfide) groups is 2. The molecule has 0 aliphatic carbocycles. The Labute approximate surface area is 234 Å². The summed E-state index contributed by atoms with van der Waals surface area (Å²) in [5, 5.41) is 32.1. The van der Waals surface area contributed by atoms with Crippen molar-refractivity contribution in [1.29, 1.82) is 0 Å². The number of amides is 3. The summed E-state index contributed by atoms with van der Waals surface area (Å²) in [6, 6.07) is -0.891. The third-order valence-electron chi connectivity index (χ3n) is 5.66. The monoisotopic (exact) mass is 593 g/mol. The largest absolute Gasteiger partial charge is 0.481 e. The Hall–Kier alpha value is -3.77. The number of tetrazole rings is 1. The SMILES string of the molecule is C=CCON=C(C(=O)NC1C(=O)N2CC(CSc3nnnn3CC=C)(C(=O)O)CS[C@H]12)c1csc(NC=O)n1. The summed E-state index contributed by atoms with van der Waals surface area (Å²) in [5.74, 6) is -1.82. The zero-order valence-electron chi connectivity index (χ0n) is 20.3. The van der Waals surface area contributed by atoms with Crippen LogP contribution in [0, 0.1) is 5.41 Å². The Balaban J connectivity index is 1.43. The summed E-state index contributed by atoms with van der Waals surface area (Å²) in [5.41, 5.74) is -1.28. The molecule has 2 aliphatic heterocycles. The van der Waals surface area contributed by atoms with Gasteiger partial charge in [-0.2, -0.15) is 0 Å². The summed E-state index contributed by atoms with van der Waals surface area (Å²) in [4.78, 5) is 59.8. The van der Waals surface area contributed by atoms with Crippen LogP contribution in [0.2, 0.25) is 0 Å². The zero-order valence-corrected chi connectivity index (χ0v) is 22.7. The minimum absolute atomic E-state index is 0.0303. The Morgan fingerprint density at radius 3 is 2.92 bits per heavy atom. The van der Waals surface area contributed by atoms with Gasteiger partial charge in [0.25, 0.3) is 5.91 Å². The fraction of sp³-hybridized carbons (Fsp3) is 0.381. The van der Waals surface area contributed by atoms with Crippen molar-refractivity contribution < 1.29 is 29.1 Å². The molecule has 4 heterocycles. The van der Waals surface area contributed by atoms with Crippen molar-refractivity contribution in [3.63, 3.8) is 0 Å². The van der Waals surface area contributed by atoms with Crippen LogP contribution in [0.25, 0.3) is 0 Å². The molecule has 0 spiro atoms. The predicted molar refractivity (Wildman–Crippen MR) is 143 cm³/mol. The Morgan fingerprint density at radius 1 is 1.38 bits per heavy atom. The molecule has 18 heteroatoms. The van der Waals surface area contributed by atoms with Gasteiger partial charge in [0.05, 0.1) is 6.54 Å². The number of hydrogen-bond acceptors (Lipinski definition) is 13. The van der Waals surface area contributed by atoms with Crippen molar-refractivity contribution in [3.8, 4) is 0 Å². The van der Waals surface area contributed by atoms with Gasteiger partial charge in [-0.3, -0.25) is 19.2 Å². The lowest BCUT2D eigenvalue weighted by atomic mass is 9.89. The van der Waals surface area contributed by atoms with Crippen LogP contribution in [0.15, 0.2) is 41.0 Å². The molecule has 0 bridgehead atoms. The van der Waals surface area contributed by atoms with Crippen LogP contribution in [0.5, 0.6) is 0 Å². The van der Waals surface area contributed by atoms with E-state index >= 15 is 0 Å². The first-order chi connectivity index (χ1) is 18.8. The van der Waals surface area contributed by atoms with Crippen LogP contribution in [0.1, 0.15) is 5.69 Å². The lowest BCUT2D eigenvalue weighted by molar-refractivity contribution is -0.157. The van der Waals surface area contributed by atoms with Crippen molar-refractivity contribution in [3.05, 3.63) is 36.4 Å². The number of hydrogen-bond donors (Lipinski definition) is 3. The van der Waals surface area contributed by atoms with E-state index in [0.29, 0.717) is 18.1 Å². The first-order valence-electron chi connectivity index (χ1n) is 11.3. The smallest absolute Gasteiger partial charge is 0.313 e. The highest BCUT2D eigenvalue weighted by atomic mass is 32.2. The first-order valence-corrected chi connectivity index (χ1v) is 14.2. The van der Waals surface area contributed by atoms with E-state index in [1.807, 2.05) is 0 Å². The fourth-order valence-electron chi connectivity index (χ4n) is 3.71. The molecule has 2 aromatic rings. The minimum Gasteiger partial charge on any atom is -0.481 e. The molecular formula is C21H23N9O6S3. The van der Waals surface area contributed by atoms with E-state index < -0.39 is 34.6 Å². The van der Waals surface area contributed by atoms with Crippen LogP contribution < -0.4 is 10.6 Å².